The Balaban J connectivity index is 1.41. The minimum atomic E-state index is -0.783. The summed E-state index contributed by atoms with van der Waals surface area (Å²) in [4.78, 5) is 24.0. The van der Waals surface area contributed by atoms with E-state index in [-0.39, 0.29) is 16.9 Å². The topological polar surface area (TPSA) is 74.6 Å². The maximum absolute atomic E-state index is 12.2. The number of allylic oxidation sites excluding steroid dienone is 1. The van der Waals surface area contributed by atoms with Crippen molar-refractivity contribution < 1.29 is 19.8 Å². The van der Waals surface area contributed by atoms with Gasteiger partial charge in [-0.2, -0.15) is 11.8 Å². The average molecular weight is 465 g/mol. The van der Waals surface area contributed by atoms with Gasteiger partial charge in [-0.15, -0.1) is 23.1 Å². The van der Waals surface area contributed by atoms with Crippen LogP contribution >= 0.6 is 34.9 Å². The fourth-order valence-electron chi connectivity index (χ4n) is 3.60. The van der Waals surface area contributed by atoms with Gasteiger partial charge in [-0.25, -0.2) is 0 Å². The summed E-state index contributed by atoms with van der Waals surface area (Å²) >= 11 is 4.88. The molecule has 3 atom stereocenters. The number of thiophene rings is 1. The van der Waals surface area contributed by atoms with Gasteiger partial charge in [0, 0.05) is 16.0 Å². The van der Waals surface area contributed by atoms with Crippen LogP contribution in [0.4, 0.5) is 0 Å². The Morgan fingerprint density at radius 2 is 2.13 bits per heavy atom. The summed E-state index contributed by atoms with van der Waals surface area (Å²) in [6, 6.07) is 10.5. The molecule has 0 aliphatic heterocycles. The van der Waals surface area contributed by atoms with Crippen LogP contribution in [0.3, 0.4) is 0 Å². The number of Topliss-reactive ketones (excluding diaryl/α,β-unsaturated/α-hetero) is 1. The molecule has 0 amide bonds. The van der Waals surface area contributed by atoms with E-state index < -0.39 is 12.1 Å². The predicted octanol–water partition coefficient (Wildman–Crippen LogP) is 5.04. The van der Waals surface area contributed by atoms with Gasteiger partial charge in [-0.05, 0) is 60.6 Å². The van der Waals surface area contributed by atoms with Crippen molar-refractivity contribution in [1.82, 2.24) is 0 Å². The Bertz CT molecular complexity index is 843. The Hall–Kier alpha value is -1.28. The van der Waals surface area contributed by atoms with E-state index in [9.17, 15) is 14.7 Å². The van der Waals surface area contributed by atoms with E-state index in [0.717, 1.165) is 30.8 Å². The lowest BCUT2D eigenvalue weighted by Gasteiger charge is -2.15. The number of aliphatic hydroxyl groups is 1. The zero-order valence-corrected chi connectivity index (χ0v) is 19.3. The molecule has 1 saturated carbocycles. The second kappa shape index (κ2) is 11.9. The molecule has 0 spiro atoms. The van der Waals surface area contributed by atoms with Crippen LogP contribution in [0.25, 0.3) is 10.1 Å². The Labute approximate surface area is 190 Å². The first-order valence-corrected chi connectivity index (χ1v) is 13.3. The number of benzene rings is 1. The van der Waals surface area contributed by atoms with Crippen molar-refractivity contribution in [2.75, 3.05) is 17.3 Å². The van der Waals surface area contributed by atoms with Gasteiger partial charge < -0.3 is 10.2 Å². The molecule has 2 aromatic rings. The van der Waals surface area contributed by atoms with Crippen LogP contribution in [-0.2, 0) is 16.0 Å². The molecule has 2 N–H and O–H groups in total. The van der Waals surface area contributed by atoms with Crippen LogP contribution in [0.15, 0.2) is 42.5 Å². The standard InChI is InChI=1S/C23H28O4S3/c24-18(9-10-19-14-17-4-1-2-5-21(17)30-19)8-6-16-7-11-20(25)23(16)29-13-3-12-28-15-22(26)27/h1-2,4-6,8,14,16,18,23-24H,3,7,9-13,15H2,(H,26,27)/b8-6+. The SMILES string of the molecule is O=C(O)CSCCCSC1C(=O)CCC1/C=C/C(O)CCc1cc2ccccc2s1. The van der Waals surface area contributed by atoms with Crippen LogP contribution < -0.4 is 0 Å². The van der Waals surface area contributed by atoms with E-state index in [1.54, 1.807) is 23.1 Å². The third-order valence-electron chi connectivity index (χ3n) is 5.13. The van der Waals surface area contributed by atoms with Gasteiger partial charge in [0.05, 0.1) is 17.1 Å². The highest BCUT2D eigenvalue weighted by Gasteiger charge is 2.33. The van der Waals surface area contributed by atoms with E-state index in [4.69, 9.17) is 5.11 Å². The molecule has 0 saturated heterocycles. The minimum Gasteiger partial charge on any atom is -0.481 e. The number of carboxylic acid groups (broad SMARTS) is 1. The molecule has 1 heterocycles. The number of ketones is 1. The first-order valence-electron chi connectivity index (χ1n) is 10.3. The average Bonchev–Trinajstić information content (AvgIpc) is 3.30. The molecule has 3 unspecified atom stereocenters. The Kier molecular flexibility index (Phi) is 9.30. The number of thioether (sulfide) groups is 2. The maximum Gasteiger partial charge on any atom is 0.313 e. The molecule has 4 nitrogen and oxygen atoms in total. The number of fused-ring (bicyclic) bond motifs is 1. The van der Waals surface area contributed by atoms with Gasteiger partial charge in [-0.1, -0.05) is 30.4 Å². The fourth-order valence-corrected chi connectivity index (χ4v) is 6.88. The van der Waals surface area contributed by atoms with Crippen LogP contribution in [0.1, 0.15) is 30.6 Å². The zero-order chi connectivity index (χ0) is 21.3. The van der Waals surface area contributed by atoms with Crippen molar-refractivity contribution in [3.05, 3.63) is 47.4 Å². The lowest BCUT2D eigenvalue weighted by Crippen LogP contribution is -2.17. The Morgan fingerprint density at radius 3 is 2.93 bits per heavy atom. The molecule has 162 valence electrons. The second-order valence-electron chi connectivity index (χ2n) is 7.50. The summed E-state index contributed by atoms with van der Waals surface area (Å²) in [5, 5.41) is 20.3. The molecule has 1 aromatic carbocycles. The summed E-state index contributed by atoms with van der Waals surface area (Å²) in [5.41, 5.74) is 0. The number of rotatable bonds is 12. The molecule has 1 aliphatic rings. The summed E-state index contributed by atoms with van der Waals surface area (Å²) in [6.07, 6.45) is 7.31. The molecule has 1 aliphatic carbocycles. The molecule has 0 bridgehead atoms. The van der Waals surface area contributed by atoms with Crippen LogP contribution in [0, 0.1) is 5.92 Å². The molecule has 7 heteroatoms. The lowest BCUT2D eigenvalue weighted by atomic mass is 10.0. The van der Waals surface area contributed by atoms with Crippen LogP contribution in [0.5, 0.6) is 0 Å². The van der Waals surface area contributed by atoms with Crippen LogP contribution in [-0.4, -0.2) is 50.6 Å². The maximum atomic E-state index is 12.2. The van der Waals surface area contributed by atoms with Gasteiger partial charge in [-0.3, -0.25) is 9.59 Å². The summed E-state index contributed by atoms with van der Waals surface area (Å²) in [7, 11) is 0. The third-order valence-corrected chi connectivity index (χ3v) is 8.83. The van der Waals surface area contributed by atoms with Crippen molar-refractivity contribution in [3.63, 3.8) is 0 Å². The highest BCUT2D eigenvalue weighted by atomic mass is 32.2. The summed E-state index contributed by atoms with van der Waals surface area (Å²) in [5.74, 6) is 1.51. The van der Waals surface area contributed by atoms with E-state index in [0.29, 0.717) is 18.6 Å². The highest BCUT2D eigenvalue weighted by molar-refractivity contribution is 8.01. The van der Waals surface area contributed by atoms with E-state index in [2.05, 4.69) is 18.2 Å². The molecule has 0 radical (unpaired) electrons. The van der Waals surface area contributed by atoms with Crippen molar-refractivity contribution in [1.29, 1.82) is 0 Å². The van der Waals surface area contributed by atoms with Gasteiger partial charge in [0.2, 0.25) is 0 Å². The molecule has 3 rings (SSSR count). The number of aryl methyl sites for hydroxylation is 1. The van der Waals surface area contributed by atoms with Gasteiger partial charge >= 0.3 is 5.97 Å². The van der Waals surface area contributed by atoms with Crippen molar-refractivity contribution >= 4 is 56.7 Å². The second-order valence-corrected chi connectivity index (χ2v) is 11.0. The molecule has 1 fully saturated rings. The first kappa shape index (κ1) is 23.4. The van der Waals surface area contributed by atoms with E-state index >= 15 is 0 Å². The minimum absolute atomic E-state index is 0.0273. The first-order chi connectivity index (χ1) is 14.5. The number of carbonyl (C=O) groups is 2. The summed E-state index contributed by atoms with van der Waals surface area (Å²) < 4.78 is 1.28. The number of aliphatic hydroxyl groups excluding tert-OH is 1. The van der Waals surface area contributed by atoms with E-state index in [1.165, 1.54) is 26.7 Å². The van der Waals surface area contributed by atoms with Gasteiger partial charge in [0.1, 0.15) is 5.78 Å². The Morgan fingerprint density at radius 1 is 1.30 bits per heavy atom. The van der Waals surface area contributed by atoms with Crippen molar-refractivity contribution in [2.45, 2.75) is 43.5 Å². The summed E-state index contributed by atoms with van der Waals surface area (Å²) in [6.45, 7) is 0. The third kappa shape index (κ3) is 7.15. The lowest BCUT2D eigenvalue weighted by molar-refractivity contribution is -0.133. The molecule has 1 aromatic heterocycles. The van der Waals surface area contributed by atoms with Gasteiger partial charge in [0.15, 0.2) is 0 Å². The molecular weight excluding hydrogens is 436 g/mol. The fraction of sp³-hybridized carbons (Fsp3) is 0.478. The largest absolute Gasteiger partial charge is 0.481 e. The highest BCUT2D eigenvalue weighted by Crippen LogP contribution is 2.34. The number of aliphatic carboxylic acids is 1. The van der Waals surface area contributed by atoms with Crippen LogP contribution in [0.2, 0.25) is 0 Å². The predicted molar refractivity (Wildman–Crippen MR) is 129 cm³/mol. The monoisotopic (exact) mass is 464 g/mol. The molecular formula is C23H28O4S3. The van der Waals surface area contributed by atoms with Crippen molar-refractivity contribution in [2.24, 2.45) is 5.92 Å². The number of hydrogen-bond donors (Lipinski definition) is 2. The number of carbonyl (C=O) groups excluding carboxylic acids is 1. The van der Waals surface area contributed by atoms with E-state index in [1.807, 2.05) is 24.3 Å². The smallest absolute Gasteiger partial charge is 0.313 e. The van der Waals surface area contributed by atoms with Gasteiger partial charge in [0.25, 0.3) is 0 Å². The zero-order valence-electron chi connectivity index (χ0n) is 16.9. The van der Waals surface area contributed by atoms with Crippen molar-refractivity contribution in [3.8, 4) is 0 Å². The molecule has 30 heavy (non-hydrogen) atoms. The number of hydrogen-bond acceptors (Lipinski definition) is 6. The number of carboxylic acids is 1. The quantitative estimate of drug-likeness (QED) is 0.339. The normalized spacial score (nSPS) is 20.4.